The third-order valence-corrected chi connectivity index (χ3v) is 3.21. The van der Waals surface area contributed by atoms with Crippen LogP contribution in [-0.2, 0) is 9.59 Å². The molecule has 0 radical (unpaired) electrons. The third kappa shape index (κ3) is 6.76. The maximum atomic E-state index is 11.6. The summed E-state index contributed by atoms with van der Waals surface area (Å²) in [7, 11) is 0. The van der Waals surface area contributed by atoms with Crippen LogP contribution in [0, 0.1) is 11.8 Å². The Hall–Kier alpha value is -0.660. The molecule has 94 valence electrons. The Labute approximate surface area is 99.8 Å². The first-order valence-corrected chi connectivity index (χ1v) is 6.55. The van der Waals surface area contributed by atoms with Crippen molar-refractivity contribution in [2.75, 3.05) is 0 Å². The molecule has 0 aliphatic heterocycles. The summed E-state index contributed by atoms with van der Waals surface area (Å²) in [6, 6.07) is 0. The number of hydrogen-bond acceptors (Lipinski definition) is 2. The summed E-state index contributed by atoms with van der Waals surface area (Å²) in [5.41, 5.74) is 0. The maximum Gasteiger partial charge on any atom is 0.198 e. The van der Waals surface area contributed by atoms with Crippen molar-refractivity contribution in [2.45, 2.75) is 66.2 Å². The molecule has 16 heavy (non-hydrogen) atoms. The van der Waals surface area contributed by atoms with Crippen molar-refractivity contribution in [1.82, 2.24) is 0 Å². The fraction of sp³-hybridized carbons (Fsp3) is 0.857. The van der Waals surface area contributed by atoms with E-state index in [2.05, 4.69) is 20.8 Å². The predicted octanol–water partition coefficient (Wildman–Crippen LogP) is 3.78. The molecule has 0 spiro atoms. The number of unbranched alkanes of at least 4 members (excludes halogenated alkanes) is 3. The summed E-state index contributed by atoms with van der Waals surface area (Å²) in [6.07, 6.45) is 5.12. The van der Waals surface area contributed by atoms with Crippen LogP contribution >= 0.6 is 0 Å². The fourth-order valence-electron chi connectivity index (χ4n) is 1.49. The van der Waals surface area contributed by atoms with E-state index in [1.54, 1.807) is 0 Å². The molecule has 0 aromatic carbocycles. The van der Waals surface area contributed by atoms with E-state index in [0.717, 1.165) is 25.7 Å². The van der Waals surface area contributed by atoms with E-state index < -0.39 is 0 Å². The lowest BCUT2D eigenvalue weighted by Crippen LogP contribution is -2.19. The molecule has 0 aromatic rings. The Balaban J connectivity index is 3.78. The normalized spacial score (nSPS) is 12.8. The average Bonchev–Trinajstić information content (AvgIpc) is 2.23. The smallest absolute Gasteiger partial charge is 0.198 e. The SMILES string of the molecule is CCCCCCC(=O)C(=O)CC(C)C(C)C. The van der Waals surface area contributed by atoms with Gasteiger partial charge in [0, 0.05) is 12.8 Å². The molecule has 0 bridgehead atoms. The first-order valence-electron chi connectivity index (χ1n) is 6.55. The van der Waals surface area contributed by atoms with E-state index in [-0.39, 0.29) is 11.6 Å². The highest BCUT2D eigenvalue weighted by Gasteiger charge is 2.18. The largest absolute Gasteiger partial charge is 0.291 e. The van der Waals surface area contributed by atoms with Crippen LogP contribution < -0.4 is 0 Å². The minimum atomic E-state index is -0.169. The van der Waals surface area contributed by atoms with Crippen molar-refractivity contribution >= 4 is 11.6 Å². The summed E-state index contributed by atoms with van der Waals surface area (Å²) >= 11 is 0. The van der Waals surface area contributed by atoms with E-state index in [1.807, 2.05) is 6.92 Å². The minimum Gasteiger partial charge on any atom is -0.291 e. The molecule has 0 aliphatic rings. The van der Waals surface area contributed by atoms with Gasteiger partial charge in [-0.05, 0) is 18.3 Å². The van der Waals surface area contributed by atoms with Crippen LogP contribution in [-0.4, -0.2) is 11.6 Å². The summed E-state index contributed by atoms with van der Waals surface area (Å²) in [4.78, 5) is 23.1. The van der Waals surface area contributed by atoms with E-state index in [0.29, 0.717) is 24.7 Å². The van der Waals surface area contributed by atoms with Crippen LogP contribution in [0.15, 0.2) is 0 Å². The number of ketones is 2. The Morgan fingerprint density at radius 3 is 2.06 bits per heavy atom. The Kier molecular flexibility index (Phi) is 8.14. The average molecular weight is 226 g/mol. The number of hydrogen-bond donors (Lipinski definition) is 0. The van der Waals surface area contributed by atoms with Crippen molar-refractivity contribution in [3.05, 3.63) is 0 Å². The summed E-state index contributed by atoms with van der Waals surface area (Å²) in [5.74, 6) is 0.449. The molecule has 0 heterocycles. The zero-order valence-corrected chi connectivity index (χ0v) is 11.2. The maximum absolute atomic E-state index is 11.6. The monoisotopic (exact) mass is 226 g/mol. The number of rotatable bonds is 9. The second kappa shape index (κ2) is 8.49. The molecular formula is C14H26O2. The standard InChI is InChI=1S/C14H26O2/c1-5-6-7-8-9-13(15)14(16)10-12(4)11(2)3/h11-12H,5-10H2,1-4H3. The van der Waals surface area contributed by atoms with Crippen LogP contribution in [0.25, 0.3) is 0 Å². The molecule has 0 aliphatic carbocycles. The topological polar surface area (TPSA) is 34.1 Å². The highest BCUT2D eigenvalue weighted by molar-refractivity contribution is 6.37. The first-order chi connectivity index (χ1) is 7.49. The second-order valence-electron chi connectivity index (χ2n) is 5.08. The van der Waals surface area contributed by atoms with Gasteiger partial charge in [-0.25, -0.2) is 0 Å². The highest BCUT2D eigenvalue weighted by atomic mass is 16.2. The van der Waals surface area contributed by atoms with Gasteiger partial charge < -0.3 is 0 Å². The van der Waals surface area contributed by atoms with Crippen molar-refractivity contribution in [1.29, 1.82) is 0 Å². The van der Waals surface area contributed by atoms with E-state index in [4.69, 9.17) is 0 Å². The van der Waals surface area contributed by atoms with Crippen LogP contribution in [0.5, 0.6) is 0 Å². The van der Waals surface area contributed by atoms with Gasteiger partial charge >= 0.3 is 0 Å². The number of carbonyl (C=O) groups excluding carboxylic acids is 2. The minimum absolute atomic E-state index is 0.163. The van der Waals surface area contributed by atoms with Crippen molar-refractivity contribution in [3.63, 3.8) is 0 Å². The van der Waals surface area contributed by atoms with Gasteiger partial charge in [-0.15, -0.1) is 0 Å². The van der Waals surface area contributed by atoms with Crippen molar-refractivity contribution < 1.29 is 9.59 Å². The van der Waals surface area contributed by atoms with E-state index >= 15 is 0 Å². The van der Waals surface area contributed by atoms with Gasteiger partial charge in [-0.2, -0.15) is 0 Å². The second-order valence-corrected chi connectivity index (χ2v) is 5.08. The number of carbonyl (C=O) groups is 2. The summed E-state index contributed by atoms with van der Waals surface area (Å²) < 4.78 is 0. The zero-order chi connectivity index (χ0) is 12.6. The lowest BCUT2D eigenvalue weighted by atomic mass is 9.91. The molecule has 0 amide bonds. The van der Waals surface area contributed by atoms with Crippen LogP contribution in [0.3, 0.4) is 0 Å². The van der Waals surface area contributed by atoms with Gasteiger partial charge in [0.15, 0.2) is 11.6 Å². The lowest BCUT2D eigenvalue weighted by Gasteiger charge is -2.13. The first kappa shape index (κ1) is 15.3. The fourth-order valence-corrected chi connectivity index (χ4v) is 1.49. The quantitative estimate of drug-likeness (QED) is 0.443. The van der Waals surface area contributed by atoms with Crippen LogP contribution in [0.4, 0.5) is 0 Å². The van der Waals surface area contributed by atoms with Gasteiger partial charge in [-0.1, -0.05) is 47.0 Å². The van der Waals surface area contributed by atoms with Crippen LogP contribution in [0.2, 0.25) is 0 Å². The van der Waals surface area contributed by atoms with E-state index in [9.17, 15) is 9.59 Å². The molecule has 0 aromatic heterocycles. The molecule has 1 unspecified atom stereocenters. The van der Waals surface area contributed by atoms with Gasteiger partial charge in [0.25, 0.3) is 0 Å². The Morgan fingerprint density at radius 1 is 0.938 bits per heavy atom. The van der Waals surface area contributed by atoms with Gasteiger partial charge in [0.05, 0.1) is 0 Å². The Morgan fingerprint density at radius 2 is 1.56 bits per heavy atom. The Bertz CT molecular complexity index is 219. The van der Waals surface area contributed by atoms with E-state index in [1.165, 1.54) is 0 Å². The van der Waals surface area contributed by atoms with Gasteiger partial charge in [0.1, 0.15) is 0 Å². The molecule has 0 rings (SSSR count). The van der Waals surface area contributed by atoms with Gasteiger partial charge in [0.2, 0.25) is 0 Å². The van der Waals surface area contributed by atoms with Crippen LogP contribution in [0.1, 0.15) is 66.2 Å². The lowest BCUT2D eigenvalue weighted by molar-refractivity contribution is -0.137. The third-order valence-electron chi connectivity index (χ3n) is 3.21. The number of Topliss-reactive ketones (excluding diaryl/α,β-unsaturated/α-hetero) is 2. The predicted molar refractivity (Wildman–Crippen MR) is 67.4 cm³/mol. The van der Waals surface area contributed by atoms with Gasteiger partial charge in [-0.3, -0.25) is 9.59 Å². The molecule has 1 atom stereocenters. The summed E-state index contributed by atoms with van der Waals surface area (Å²) in [6.45, 7) is 8.34. The molecule has 2 nitrogen and oxygen atoms in total. The molecule has 0 saturated heterocycles. The molecule has 0 N–H and O–H groups in total. The molecule has 0 saturated carbocycles. The molecular weight excluding hydrogens is 200 g/mol. The molecule has 0 fully saturated rings. The zero-order valence-electron chi connectivity index (χ0n) is 11.2. The van der Waals surface area contributed by atoms with Crippen molar-refractivity contribution in [3.8, 4) is 0 Å². The molecule has 2 heteroatoms. The highest BCUT2D eigenvalue weighted by Crippen LogP contribution is 2.15. The summed E-state index contributed by atoms with van der Waals surface area (Å²) in [5, 5.41) is 0. The van der Waals surface area contributed by atoms with Crippen molar-refractivity contribution in [2.24, 2.45) is 11.8 Å².